The average Bonchev–Trinajstić information content (AvgIpc) is 2.31. The third-order valence-corrected chi connectivity index (χ3v) is 2.75. The van der Waals surface area contributed by atoms with E-state index in [0.29, 0.717) is 19.5 Å². The van der Waals surface area contributed by atoms with Crippen molar-refractivity contribution in [3.63, 3.8) is 0 Å². The summed E-state index contributed by atoms with van der Waals surface area (Å²) in [6.07, 6.45) is 0.445. The van der Waals surface area contributed by atoms with Gasteiger partial charge in [-0.05, 0) is 18.5 Å². The molecule has 0 heterocycles. The molecular weight excluding hydrogens is 216 g/mol. The SMILES string of the molecule is CC(CN)CC(=O)N(C)Cc1ccccc1O. The van der Waals surface area contributed by atoms with Crippen molar-refractivity contribution in [1.82, 2.24) is 4.90 Å². The van der Waals surface area contributed by atoms with E-state index < -0.39 is 0 Å². The zero-order valence-electron chi connectivity index (χ0n) is 10.4. The molecule has 0 radical (unpaired) electrons. The van der Waals surface area contributed by atoms with Crippen LogP contribution < -0.4 is 5.73 Å². The summed E-state index contributed by atoms with van der Waals surface area (Å²) in [4.78, 5) is 13.4. The molecule has 1 rings (SSSR count). The first-order valence-electron chi connectivity index (χ1n) is 5.75. The zero-order chi connectivity index (χ0) is 12.8. The highest BCUT2D eigenvalue weighted by atomic mass is 16.3. The summed E-state index contributed by atoms with van der Waals surface area (Å²) in [5.74, 6) is 0.458. The van der Waals surface area contributed by atoms with E-state index >= 15 is 0 Å². The van der Waals surface area contributed by atoms with Crippen molar-refractivity contribution >= 4 is 5.91 Å². The smallest absolute Gasteiger partial charge is 0.222 e. The van der Waals surface area contributed by atoms with Gasteiger partial charge < -0.3 is 15.7 Å². The Hall–Kier alpha value is -1.55. The Morgan fingerprint density at radius 3 is 2.71 bits per heavy atom. The number of hydrogen-bond acceptors (Lipinski definition) is 3. The predicted molar refractivity (Wildman–Crippen MR) is 67.4 cm³/mol. The molecule has 3 N–H and O–H groups in total. The maximum absolute atomic E-state index is 11.8. The highest BCUT2D eigenvalue weighted by Crippen LogP contribution is 2.17. The lowest BCUT2D eigenvalue weighted by Crippen LogP contribution is -2.29. The van der Waals surface area contributed by atoms with E-state index in [9.17, 15) is 9.90 Å². The van der Waals surface area contributed by atoms with Crippen molar-refractivity contribution in [2.75, 3.05) is 13.6 Å². The van der Waals surface area contributed by atoms with Crippen LogP contribution in [0.5, 0.6) is 5.75 Å². The molecule has 17 heavy (non-hydrogen) atoms. The maximum Gasteiger partial charge on any atom is 0.222 e. The van der Waals surface area contributed by atoms with Gasteiger partial charge in [-0.3, -0.25) is 4.79 Å². The highest BCUT2D eigenvalue weighted by Gasteiger charge is 2.13. The summed E-state index contributed by atoms with van der Waals surface area (Å²) in [6.45, 7) is 2.88. The first kappa shape index (κ1) is 13.5. The van der Waals surface area contributed by atoms with Crippen LogP contribution in [0.1, 0.15) is 18.9 Å². The molecule has 0 aliphatic heterocycles. The second-order valence-corrected chi connectivity index (χ2v) is 4.42. The van der Waals surface area contributed by atoms with E-state index in [1.54, 1.807) is 24.1 Å². The molecule has 0 aliphatic rings. The standard InChI is InChI=1S/C13H20N2O2/c1-10(8-14)7-13(17)15(2)9-11-5-3-4-6-12(11)16/h3-6,10,16H,7-9,14H2,1-2H3. The number of phenolic OH excluding ortho intramolecular Hbond substituents is 1. The van der Waals surface area contributed by atoms with Gasteiger partial charge in [-0.15, -0.1) is 0 Å². The summed E-state index contributed by atoms with van der Waals surface area (Å²) in [6, 6.07) is 7.04. The molecular formula is C13H20N2O2. The van der Waals surface area contributed by atoms with Gasteiger partial charge in [0.05, 0.1) is 0 Å². The fourth-order valence-corrected chi connectivity index (χ4v) is 1.53. The highest BCUT2D eigenvalue weighted by molar-refractivity contribution is 5.76. The number of nitrogens with two attached hydrogens (primary N) is 1. The second-order valence-electron chi connectivity index (χ2n) is 4.42. The number of aromatic hydroxyl groups is 1. The lowest BCUT2D eigenvalue weighted by Gasteiger charge is -2.19. The van der Waals surface area contributed by atoms with Gasteiger partial charge in [-0.1, -0.05) is 25.1 Å². The first-order chi connectivity index (χ1) is 8.04. The Morgan fingerprint density at radius 2 is 2.12 bits per heavy atom. The van der Waals surface area contributed by atoms with Gasteiger partial charge in [-0.25, -0.2) is 0 Å². The number of para-hydroxylation sites is 1. The van der Waals surface area contributed by atoms with E-state index in [4.69, 9.17) is 5.73 Å². The number of phenols is 1. The van der Waals surface area contributed by atoms with E-state index in [0.717, 1.165) is 5.56 Å². The van der Waals surface area contributed by atoms with Crippen molar-refractivity contribution in [2.45, 2.75) is 19.9 Å². The number of amides is 1. The van der Waals surface area contributed by atoms with Crippen LogP contribution in [0.4, 0.5) is 0 Å². The van der Waals surface area contributed by atoms with Gasteiger partial charge >= 0.3 is 0 Å². The normalized spacial score (nSPS) is 12.2. The van der Waals surface area contributed by atoms with Crippen molar-refractivity contribution in [3.05, 3.63) is 29.8 Å². The van der Waals surface area contributed by atoms with Crippen molar-refractivity contribution < 1.29 is 9.90 Å². The third-order valence-electron chi connectivity index (χ3n) is 2.75. The average molecular weight is 236 g/mol. The quantitative estimate of drug-likeness (QED) is 0.810. The molecule has 0 bridgehead atoms. The number of rotatable bonds is 5. The molecule has 1 aromatic carbocycles. The van der Waals surface area contributed by atoms with Crippen LogP contribution in [0.3, 0.4) is 0 Å². The van der Waals surface area contributed by atoms with Gasteiger partial charge in [-0.2, -0.15) is 0 Å². The van der Waals surface area contributed by atoms with Crippen LogP contribution in [-0.2, 0) is 11.3 Å². The van der Waals surface area contributed by atoms with Crippen LogP contribution in [0, 0.1) is 5.92 Å². The maximum atomic E-state index is 11.8. The fourth-order valence-electron chi connectivity index (χ4n) is 1.53. The molecule has 1 aromatic rings. The fraction of sp³-hybridized carbons (Fsp3) is 0.462. The van der Waals surface area contributed by atoms with Gasteiger partial charge in [0.1, 0.15) is 5.75 Å². The summed E-state index contributed by atoms with van der Waals surface area (Å²) in [5.41, 5.74) is 6.24. The Labute approximate surface area is 102 Å². The lowest BCUT2D eigenvalue weighted by molar-refractivity contribution is -0.131. The topological polar surface area (TPSA) is 66.6 Å². The van der Waals surface area contributed by atoms with E-state index in [1.807, 2.05) is 19.1 Å². The predicted octanol–water partition coefficient (Wildman–Crippen LogP) is 1.34. The number of carbonyl (C=O) groups is 1. The lowest BCUT2D eigenvalue weighted by atomic mass is 10.1. The van der Waals surface area contributed by atoms with Gasteiger partial charge in [0.2, 0.25) is 5.91 Å². The minimum Gasteiger partial charge on any atom is -0.508 e. The van der Waals surface area contributed by atoms with Crippen molar-refractivity contribution in [1.29, 1.82) is 0 Å². The largest absolute Gasteiger partial charge is 0.508 e. The first-order valence-corrected chi connectivity index (χ1v) is 5.75. The zero-order valence-corrected chi connectivity index (χ0v) is 10.4. The summed E-state index contributed by atoms with van der Waals surface area (Å²) >= 11 is 0. The van der Waals surface area contributed by atoms with Crippen LogP contribution in [0.25, 0.3) is 0 Å². The molecule has 0 aliphatic carbocycles. The van der Waals surface area contributed by atoms with E-state index in [2.05, 4.69) is 0 Å². The molecule has 4 heteroatoms. The van der Waals surface area contributed by atoms with Gasteiger partial charge in [0.25, 0.3) is 0 Å². The molecule has 1 amide bonds. The van der Waals surface area contributed by atoms with Crippen LogP contribution in [0.15, 0.2) is 24.3 Å². The number of carbonyl (C=O) groups excluding carboxylic acids is 1. The van der Waals surface area contributed by atoms with Crippen LogP contribution >= 0.6 is 0 Å². The molecule has 94 valence electrons. The van der Waals surface area contributed by atoms with Gasteiger partial charge in [0.15, 0.2) is 0 Å². The molecule has 0 saturated carbocycles. The minimum absolute atomic E-state index is 0.0474. The summed E-state index contributed by atoms with van der Waals surface area (Å²) < 4.78 is 0. The molecule has 0 saturated heterocycles. The minimum atomic E-state index is 0.0474. The Morgan fingerprint density at radius 1 is 1.47 bits per heavy atom. The van der Waals surface area contributed by atoms with Crippen LogP contribution in [0.2, 0.25) is 0 Å². The monoisotopic (exact) mass is 236 g/mol. The summed E-state index contributed by atoms with van der Waals surface area (Å²) in [7, 11) is 1.73. The molecule has 0 spiro atoms. The van der Waals surface area contributed by atoms with E-state index in [1.165, 1.54) is 0 Å². The number of hydrogen-bond donors (Lipinski definition) is 2. The van der Waals surface area contributed by atoms with Crippen molar-refractivity contribution in [3.8, 4) is 5.75 Å². The summed E-state index contributed by atoms with van der Waals surface area (Å²) in [5, 5.41) is 9.61. The Bertz CT molecular complexity index is 379. The molecule has 0 aromatic heterocycles. The molecule has 4 nitrogen and oxygen atoms in total. The molecule has 1 unspecified atom stereocenters. The van der Waals surface area contributed by atoms with Gasteiger partial charge in [0, 0.05) is 25.6 Å². The Balaban J connectivity index is 2.57. The number of benzene rings is 1. The van der Waals surface area contributed by atoms with E-state index in [-0.39, 0.29) is 17.6 Å². The van der Waals surface area contributed by atoms with Crippen LogP contribution in [-0.4, -0.2) is 29.5 Å². The second kappa shape index (κ2) is 6.25. The van der Waals surface area contributed by atoms with Crippen molar-refractivity contribution in [2.24, 2.45) is 11.7 Å². The number of nitrogens with zero attached hydrogens (tertiary/aromatic N) is 1. The molecule has 1 atom stereocenters. The molecule has 0 fully saturated rings. The third kappa shape index (κ3) is 4.07. The Kier molecular flexibility index (Phi) is 4.97.